The number of nitrogens with zero attached hydrogens (tertiary/aromatic N) is 4. The molecule has 316 valence electrons. The van der Waals surface area contributed by atoms with Gasteiger partial charge in [0.15, 0.2) is 0 Å². The molecular formula is C56H66N4O. The monoisotopic (exact) mass is 811 g/mol. The summed E-state index contributed by atoms with van der Waals surface area (Å²) in [5.41, 5.74) is 13.5. The number of pyridine rings is 1. The van der Waals surface area contributed by atoms with E-state index in [9.17, 15) is 0 Å². The van der Waals surface area contributed by atoms with Gasteiger partial charge in [-0.1, -0.05) is 128 Å². The van der Waals surface area contributed by atoms with Crippen LogP contribution < -0.4 is 14.5 Å². The summed E-state index contributed by atoms with van der Waals surface area (Å²) >= 11 is 0. The minimum Gasteiger partial charge on any atom is -0.457 e. The number of fused-ring (bicyclic) bond motifs is 4. The maximum Gasteiger partial charge on any atom is 0.137 e. The lowest BCUT2D eigenvalue weighted by Gasteiger charge is -2.29. The van der Waals surface area contributed by atoms with Crippen molar-refractivity contribution in [2.75, 3.05) is 16.5 Å². The standard InChI is InChI=1S/C56H66N4O/c1-52(2,3)36-19-23-47-46(30-36)45-22-21-44(34-49(45)60(47)51-32-38(25-26-57-51)54(7,8)9)61-43-18-16-17-41(33-43)58-35-59(48-24-20-37(31-50(48)58)53(4,5)6)42-28-39(55(10,11)12)27-40(29-42)56(13,14)15/h16-34H,35H2,1-15H3. The molecule has 0 aliphatic carbocycles. The van der Waals surface area contributed by atoms with Crippen molar-refractivity contribution in [1.29, 1.82) is 0 Å². The van der Waals surface area contributed by atoms with Gasteiger partial charge in [0.1, 0.15) is 24.0 Å². The van der Waals surface area contributed by atoms with Crippen molar-refractivity contribution in [2.24, 2.45) is 0 Å². The molecule has 0 N–H and O–H groups in total. The van der Waals surface area contributed by atoms with Crippen LogP contribution in [0.2, 0.25) is 0 Å². The van der Waals surface area contributed by atoms with Crippen LogP contribution in [0, 0.1) is 0 Å². The molecule has 1 aliphatic heterocycles. The Hall–Kier alpha value is -5.55. The van der Waals surface area contributed by atoms with Gasteiger partial charge < -0.3 is 14.5 Å². The summed E-state index contributed by atoms with van der Waals surface area (Å²) in [5.74, 6) is 2.48. The van der Waals surface area contributed by atoms with Crippen LogP contribution in [0.15, 0.2) is 115 Å². The second kappa shape index (κ2) is 14.5. The molecule has 2 aromatic heterocycles. The largest absolute Gasteiger partial charge is 0.457 e. The van der Waals surface area contributed by atoms with E-state index in [0.717, 1.165) is 34.0 Å². The van der Waals surface area contributed by atoms with Crippen molar-refractivity contribution in [2.45, 2.75) is 131 Å². The molecule has 0 saturated carbocycles. The Morgan fingerprint density at radius 1 is 0.426 bits per heavy atom. The van der Waals surface area contributed by atoms with E-state index >= 15 is 0 Å². The number of rotatable bonds is 5. The normalized spacial score (nSPS) is 14.0. The summed E-state index contributed by atoms with van der Waals surface area (Å²) in [7, 11) is 0. The molecule has 0 fully saturated rings. The van der Waals surface area contributed by atoms with Crippen molar-refractivity contribution < 1.29 is 4.74 Å². The quantitative estimate of drug-likeness (QED) is 0.173. The van der Waals surface area contributed by atoms with Crippen molar-refractivity contribution >= 4 is 44.6 Å². The number of anilines is 4. The van der Waals surface area contributed by atoms with Gasteiger partial charge in [-0.2, -0.15) is 0 Å². The molecule has 7 aromatic rings. The van der Waals surface area contributed by atoms with Crippen molar-refractivity contribution in [3.8, 4) is 17.3 Å². The molecular weight excluding hydrogens is 745 g/mol. The molecule has 0 spiro atoms. The first-order valence-corrected chi connectivity index (χ1v) is 22.1. The lowest BCUT2D eigenvalue weighted by atomic mass is 9.80. The number of hydrogen-bond acceptors (Lipinski definition) is 4. The molecule has 0 atom stereocenters. The highest BCUT2D eigenvalue weighted by Gasteiger charge is 2.32. The third-order valence-electron chi connectivity index (χ3n) is 12.5. The van der Waals surface area contributed by atoms with Gasteiger partial charge in [0.05, 0.1) is 22.4 Å². The van der Waals surface area contributed by atoms with E-state index in [1.54, 1.807) is 0 Å². The Kier molecular flexibility index (Phi) is 10.0. The molecule has 0 amide bonds. The zero-order valence-corrected chi connectivity index (χ0v) is 39.4. The lowest BCUT2D eigenvalue weighted by Crippen LogP contribution is -2.25. The summed E-state index contributed by atoms with van der Waals surface area (Å²) < 4.78 is 9.14. The van der Waals surface area contributed by atoms with Crippen LogP contribution in [0.25, 0.3) is 27.6 Å². The van der Waals surface area contributed by atoms with Crippen molar-refractivity contribution in [3.05, 3.63) is 143 Å². The van der Waals surface area contributed by atoms with Crippen LogP contribution in [0.4, 0.5) is 22.7 Å². The van der Waals surface area contributed by atoms with Crippen LogP contribution in [0.1, 0.15) is 132 Å². The third kappa shape index (κ3) is 8.16. The van der Waals surface area contributed by atoms with Gasteiger partial charge in [-0.3, -0.25) is 4.57 Å². The average Bonchev–Trinajstić information content (AvgIpc) is 3.71. The van der Waals surface area contributed by atoms with Crippen LogP contribution in [-0.2, 0) is 27.1 Å². The highest BCUT2D eigenvalue weighted by Crippen LogP contribution is 2.48. The molecule has 0 saturated heterocycles. The Balaban J connectivity index is 1.21. The topological polar surface area (TPSA) is 33.5 Å². The minimum absolute atomic E-state index is 0.00361. The third-order valence-corrected chi connectivity index (χ3v) is 12.5. The molecule has 3 heterocycles. The number of hydrogen-bond donors (Lipinski definition) is 0. The second-order valence-corrected chi connectivity index (χ2v) is 22.5. The van der Waals surface area contributed by atoms with Gasteiger partial charge in [-0.25, -0.2) is 4.98 Å². The van der Waals surface area contributed by atoms with Crippen LogP contribution in [0.5, 0.6) is 11.5 Å². The summed E-state index contributed by atoms with van der Waals surface area (Å²) in [6.07, 6.45) is 1.94. The first-order valence-electron chi connectivity index (χ1n) is 22.1. The molecule has 1 aliphatic rings. The maximum atomic E-state index is 6.84. The average molecular weight is 811 g/mol. The zero-order valence-electron chi connectivity index (χ0n) is 39.4. The molecule has 61 heavy (non-hydrogen) atoms. The lowest BCUT2D eigenvalue weighted by molar-refractivity contribution is 0.483. The van der Waals surface area contributed by atoms with Gasteiger partial charge in [-0.15, -0.1) is 0 Å². The van der Waals surface area contributed by atoms with E-state index in [4.69, 9.17) is 9.72 Å². The van der Waals surface area contributed by atoms with Crippen LogP contribution in [0.3, 0.4) is 0 Å². The van der Waals surface area contributed by atoms with Gasteiger partial charge in [0, 0.05) is 40.5 Å². The summed E-state index contributed by atoms with van der Waals surface area (Å²) in [5, 5.41) is 2.40. The highest BCUT2D eigenvalue weighted by molar-refractivity contribution is 6.09. The highest BCUT2D eigenvalue weighted by atomic mass is 16.5. The van der Waals surface area contributed by atoms with E-state index in [1.807, 2.05) is 6.20 Å². The summed E-state index contributed by atoms with van der Waals surface area (Å²) in [6, 6.07) is 40.5. The predicted molar refractivity (Wildman–Crippen MR) is 261 cm³/mol. The Morgan fingerprint density at radius 2 is 1.00 bits per heavy atom. The van der Waals surface area contributed by atoms with E-state index in [1.165, 1.54) is 55.7 Å². The Labute approximate surface area is 365 Å². The Morgan fingerprint density at radius 3 is 1.64 bits per heavy atom. The number of ether oxygens (including phenoxy) is 1. The van der Waals surface area contributed by atoms with E-state index < -0.39 is 0 Å². The predicted octanol–water partition coefficient (Wildman–Crippen LogP) is 15.7. The fourth-order valence-corrected chi connectivity index (χ4v) is 8.44. The first kappa shape index (κ1) is 42.2. The Bertz CT molecular complexity index is 2760. The molecule has 5 aromatic carbocycles. The fraction of sp³-hybridized carbons (Fsp3) is 0.375. The smallest absolute Gasteiger partial charge is 0.137 e. The van der Waals surface area contributed by atoms with Gasteiger partial charge in [0.2, 0.25) is 0 Å². The van der Waals surface area contributed by atoms with E-state index in [2.05, 4.69) is 227 Å². The van der Waals surface area contributed by atoms with Gasteiger partial charge >= 0.3 is 0 Å². The van der Waals surface area contributed by atoms with Crippen molar-refractivity contribution in [1.82, 2.24) is 9.55 Å². The summed E-state index contributed by atoms with van der Waals surface area (Å²) in [6.45, 7) is 35.0. The van der Waals surface area contributed by atoms with Gasteiger partial charge in [0.25, 0.3) is 0 Å². The minimum atomic E-state index is -0.0117. The number of aromatic nitrogens is 2. The number of benzene rings is 5. The SMILES string of the molecule is CC(C)(C)c1cc(N2CN(c3cccc(Oc4ccc5c6cc(C(C)(C)C)ccc6n(-c6cc(C(C)(C)C)ccn6)c5c4)c3)c3cc(C(C)(C)C)ccc32)cc(C(C)(C)C)c1. The zero-order chi connectivity index (χ0) is 44.0. The summed E-state index contributed by atoms with van der Waals surface area (Å²) in [4.78, 5) is 9.88. The van der Waals surface area contributed by atoms with Gasteiger partial charge in [-0.05, 0) is 128 Å². The van der Waals surface area contributed by atoms with Crippen molar-refractivity contribution in [3.63, 3.8) is 0 Å². The molecule has 0 bridgehead atoms. The van der Waals surface area contributed by atoms with E-state index in [-0.39, 0.29) is 27.1 Å². The molecule has 5 nitrogen and oxygen atoms in total. The van der Waals surface area contributed by atoms with E-state index in [0.29, 0.717) is 6.67 Å². The van der Waals surface area contributed by atoms with Crippen LogP contribution >= 0.6 is 0 Å². The molecule has 8 rings (SSSR count). The second-order valence-electron chi connectivity index (χ2n) is 22.5. The molecule has 0 radical (unpaired) electrons. The maximum absolute atomic E-state index is 6.84. The molecule has 0 unspecified atom stereocenters. The molecule has 5 heteroatoms. The fourth-order valence-electron chi connectivity index (χ4n) is 8.44. The first-order chi connectivity index (χ1) is 28.4. The van der Waals surface area contributed by atoms with Crippen LogP contribution in [-0.4, -0.2) is 16.2 Å².